The van der Waals surface area contributed by atoms with Crippen LogP contribution in [0.15, 0.2) is 0 Å². The molecule has 2 heterocycles. The van der Waals surface area contributed by atoms with Gasteiger partial charge in [0.15, 0.2) is 0 Å². The largest absolute Gasteiger partial charge is 0.314 e. The lowest BCUT2D eigenvalue weighted by atomic mass is 9.95. The zero-order chi connectivity index (χ0) is 11.5. The van der Waals surface area contributed by atoms with Gasteiger partial charge >= 0.3 is 0 Å². The summed E-state index contributed by atoms with van der Waals surface area (Å²) in [6.07, 6.45) is 5.35. The van der Waals surface area contributed by atoms with E-state index < -0.39 is 0 Å². The molecule has 0 aromatic carbocycles. The number of rotatable bonds is 2. The normalized spacial score (nSPS) is 34.5. The van der Waals surface area contributed by atoms with Gasteiger partial charge in [0.05, 0.1) is 0 Å². The maximum atomic E-state index is 3.54. The van der Waals surface area contributed by atoms with Crippen LogP contribution in [-0.2, 0) is 0 Å². The zero-order valence-corrected chi connectivity index (χ0v) is 11.1. The number of hydrogen-bond donors (Lipinski definition) is 1. The maximum Gasteiger partial charge on any atom is 0.0122 e. The molecule has 0 spiro atoms. The quantitative estimate of drug-likeness (QED) is 0.760. The van der Waals surface area contributed by atoms with E-state index >= 15 is 0 Å². The number of nitrogens with zero attached hydrogens (tertiary/aromatic N) is 2. The predicted molar refractivity (Wildman–Crippen MR) is 68.8 cm³/mol. The molecule has 0 aromatic heterocycles. The summed E-state index contributed by atoms with van der Waals surface area (Å²) in [6.45, 7) is 6.06. The summed E-state index contributed by atoms with van der Waals surface area (Å²) >= 11 is 0. The van der Waals surface area contributed by atoms with E-state index in [9.17, 15) is 0 Å². The average Bonchev–Trinajstić information content (AvgIpc) is 2.29. The van der Waals surface area contributed by atoms with Crippen molar-refractivity contribution in [2.75, 3.05) is 33.7 Å². The standard InChI is InChI=1S/C13H27N3/c1-11-10-13(4-7-14-11)16(3)12-5-8-15(2)9-6-12/h11-14H,4-10H2,1-3H3. The number of nitrogens with one attached hydrogen (secondary N) is 1. The molecule has 2 atom stereocenters. The molecular formula is C13H27N3. The molecule has 16 heavy (non-hydrogen) atoms. The van der Waals surface area contributed by atoms with Crippen LogP contribution in [0, 0.1) is 0 Å². The zero-order valence-electron chi connectivity index (χ0n) is 11.1. The van der Waals surface area contributed by atoms with Crippen molar-refractivity contribution in [2.45, 2.75) is 50.7 Å². The summed E-state index contributed by atoms with van der Waals surface area (Å²) in [4.78, 5) is 5.12. The summed E-state index contributed by atoms with van der Waals surface area (Å²) in [6, 6.07) is 2.34. The maximum absolute atomic E-state index is 3.54. The van der Waals surface area contributed by atoms with Gasteiger partial charge in [0.25, 0.3) is 0 Å². The Morgan fingerprint density at radius 1 is 1.12 bits per heavy atom. The van der Waals surface area contributed by atoms with Crippen LogP contribution in [0.1, 0.15) is 32.6 Å². The first kappa shape index (κ1) is 12.3. The van der Waals surface area contributed by atoms with Gasteiger partial charge in [-0.3, -0.25) is 0 Å². The summed E-state index contributed by atoms with van der Waals surface area (Å²) in [5.74, 6) is 0. The molecule has 0 aliphatic carbocycles. The van der Waals surface area contributed by atoms with Crippen LogP contribution in [0.5, 0.6) is 0 Å². The van der Waals surface area contributed by atoms with Crippen LogP contribution in [-0.4, -0.2) is 61.7 Å². The second-order valence-electron chi connectivity index (χ2n) is 5.73. The summed E-state index contributed by atoms with van der Waals surface area (Å²) in [5.41, 5.74) is 0. The first-order chi connectivity index (χ1) is 7.66. The molecule has 1 N–H and O–H groups in total. The molecule has 0 saturated carbocycles. The molecule has 0 bridgehead atoms. The molecule has 0 aromatic rings. The molecule has 2 aliphatic heterocycles. The molecule has 2 fully saturated rings. The van der Waals surface area contributed by atoms with Crippen LogP contribution < -0.4 is 5.32 Å². The smallest absolute Gasteiger partial charge is 0.0122 e. The number of hydrogen-bond acceptors (Lipinski definition) is 3. The van der Waals surface area contributed by atoms with E-state index in [0.717, 1.165) is 12.1 Å². The Bertz CT molecular complexity index is 211. The lowest BCUT2D eigenvalue weighted by Gasteiger charge is -2.42. The molecule has 0 radical (unpaired) electrons. The lowest BCUT2D eigenvalue weighted by Crippen LogP contribution is -2.51. The van der Waals surface area contributed by atoms with Crippen molar-refractivity contribution in [3.63, 3.8) is 0 Å². The van der Waals surface area contributed by atoms with Crippen molar-refractivity contribution in [3.05, 3.63) is 0 Å². The van der Waals surface area contributed by atoms with Crippen LogP contribution in [0.2, 0.25) is 0 Å². The van der Waals surface area contributed by atoms with E-state index in [-0.39, 0.29) is 0 Å². The topological polar surface area (TPSA) is 18.5 Å². The SMILES string of the molecule is CC1CC(N(C)C2CCN(C)CC2)CCN1. The lowest BCUT2D eigenvalue weighted by molar-refractivity contribution is 0.0843. The van der Waals surface area contributed by atoms with Crippen molar-refractivity contribution in [2.24, 2.45) is 0 Å². The van der Waals surface area contributed by atoms with Gasteiger partial charge in [-0.1, -0.05) is 0 Å². The number of piperidine rings is 2. The first-order valence-corrected chi connectivity index (χ1v) is 6.80. The van der Waals surface area contributed by atoms with Gasteiger partial charge in [0, 0.05) is 18.1 Å². The highest BCUT2D eigenvalue weighted by Crippen LogP contribution is 2.21. The van der Waals surface area contributed by atoms with Gasteiger partial charge in [-0.25, -0.2) is 0 Å². The minimum atomic E-state index is 0.701. The highest BCUT2D eigenvalue weighted by molar-refractivity contribution is 4.86. The van der Waals surface area contributed by atoms with Crippen LogP contribution in [0.4, 0.5) is 0 Å². The monoisotopic (exact) mass is 225 g/mol. The van der Waals surface area contributed by atoms with Crippen LogP contribution in [0.3, 0.4) is 0 Å². The van der Waals surface area contributed by atoms with Gasteiger partial charge in [0.1, 0.15) is 0 Å². The third-order valence-electron chi connectivity index (χ3n) is 4.44. The Kier molecular flexibility index (Phi) is 4.22. The van der Waals surface area contributed by atoms with E-state index in [1.807, 2.05) is 0 Å². The Hall–Kier alpha value is -0.120. The fraction of sp³-hybridized carbons (Fsp3) is 1.00. The minimum Gasteiger partial charge on any atom is -0.314 e. The second-order valence-corrected chi connectivity index (χ2v) is 5.73. The number of likely N-dealkylation sites (tertiary alicyclic amines) is 1. The van der Waals surface area contributed by atoms with Crippen molar-refractivity contribution >= 4 is 0 Å². The Morgan fingerprint density at radius 2 is 1.81 bits per heavy atom. The van der Waals surface area contributed by atoms with Gasteiger partial charge in [-0.05, 0) is 66.3 Å². The van der Waals surface area contributed by atoms with Crippen LogP contribution >= 0.6 is 0 Å². The molecule has 3 heteroatoms. The molecule has 0 amide bonds. The van der Waals surface area contributed by atoms with Crippen LogP contribution in [0.25, 0.3) is 0 Å². The van der Waals surface area contributed by atoms with Crippen molar-refractivity contribution in [3.8, 4) is 0 Å². The van der Waals surface area contributed by atoms with Crippen molar-refractivity contribution < 1.29 is 0 Å². The third kappa shape index (κ3) is 2.96. The predicted octanol–water partition coefficient (Wildman–Crippen LogP) is 1.15. The van der Waals surface area contributed by atoms with Gasteiger partial charge in [0.2, 0.25) is 0 Å². The fourth-order valence-electron chi connectivity index (χ4n) is 3.18. The van der Waals surface area contributed by atoms with E-state index in [2.05, 4.69) is 36.1 Å². The van der Waals surface area contributed by atoms with Crippen molar-refractivity contribution in [1.82, 2.24) is 15.1 Å². The molecular weight excluding hydrogens is 198 g/mol. The Morgan fingerprint density at radius 3 is 2.44 bits per heavy atom. The molecule has 2 saturated heterocycles. The van der Waals surface area contributed by atoms with Gasteiger partial charge < -0.3 is 15.1 Å². The fourth-order valence-corrected chi connectivity index (χ4v) is 3.18. The van der Waals surface area contributed by atoms with Gasteiger partial charge in [-0.15, -0.1) is 0 Å². The molecule has 3 nitrogen and oxygen atoms in total. The molecule has 94 valence electrons. The highest BCUT2D eigenvalue weighted by Gasteiger charge is 2.28. The van der Waals surface area contributed by atoms with E-state index in [1.54, 1.807) is 0 Å². The second kappa shape index (κ2) is 5.48. The molecule has 2 rings (SSSR count). The van der Waals surface area contributed by atoms with E-state index in [4.69, 9.17) is 0 Å². The van der Waals surface area contributed by atoms with Crippen molar-refractivity contribution in [1.29, 1.82) is 0 Å². The van der Waals surface area contributed by atoms with E-state index in [1.165, 1.54) is 45.3 Å². The third-order valence-corrected chi connectivity index (χ3v) is 4.44. The Balaban J connectivity index is 1.84. The highest BCUT2D eigenvalue weighted by atomic mass is 15.2. The van der Waals surface area contributed by atoms with E-state index in [0.29, 0.717) is 6.04 Å². The summed E-state index contributed by atoms with van der Waals surface area (Å²) in [5, 5.41) is 3.54. The van der Waals surface area contributed by atoms with Gasteiger partial charge in [-0.2, -0.15) is 0 Å². The average molecular weight is 225 g/mol. The summed E-state index contributed by atoms with van der Waals surface area (Å²) in [7, 11) is 4.58. The summed E-state index contributed by atoms with van der Waals surface area (Å²) < 4.78 is 0. The molecule has 2 aliphatic rings. The Labute approximate surface area is 100 Å². The molecule has 2 unspecified atom stereocenters. The minimum absolute atomic E-state index is 0.701. The first-order valence-electron chi connectivity index (χ1n) is 6.80.